The highest BCUT2D eigenvalue weighted by molar-refractivity contribution is 5.95. The Bertz CT molecular complexity index is 772. The van der Waals surface area contributed by atoms with Crippen molar-refractivity contribution in [2.75, 3.05) is 0 Å². The standard InChI is InChI=1S/C19H20N/c1-4-15-13-20(3)19(16-10-6-5-9-14(16)2)18-12-8-7-11-17(15)18/h5-13H,4H2,1-3H3/q+1. The van der Waals surface area contributed by atoms with Crippen LogP contribution in [0.2, 0.25) is 0 Å². The molecule has 0 atom stereocenters. The van der Waals surface area contributed by atoms with Crippen LogP contribution in [-0.4, -0.2) is 0 Å². The molecule has 1 aromatic heterocycles. The molecule has 0 bridgehead atoms. The maximum atomic E-state index is 2.27. The van der Waals surface area contributed by atoms with Gasteiger partial charge in [-0.2, -0.15) is 0 Å². The van der Waals surface area contributed by atoms with Gasteiger partial charge in [0.15, 0.2) is 6.20 Å². The Kier molecular flexibility index (Phi) is 3.27. The molecule has 2 aromatic carbocycles. The molecule has 0 aliphatic heterocycles. The normalized spacial score (nSPS) is 10.9. The molecule has 0 amide bonds. The highest BCUT2D eigenvalue weighted by atomic mass is 14.9. The SMILES string of the molecule is CCc1c[n+](C)c(-c2ccccc2C)c2ccccc12. The molecule has 0 saturated carbocycles. The first-order valence-electron chi connectivity index (χ1n) is 7.18. The average molecular weight is 262 g/mol. The monoisotopic (exact) mass is 262 g/mol. The first-order valence-corrected chi connectivity index (χ1v) is 7.18. The zero-order valence-electron chi connectivity index (χ0n) is 12.4. The lowest BCUT2D eigenvalue weighted by molar-refractivity contribution is -0.659. The summed E-state index contributed by atoms with van der Waals surface area (Å²) in [7, 11) is 2.15. The zero-order chi connectivity index (χ0) is 14.1. The summed E-state index contributed by atoms with van der Waals surface area (Å²) in [5.41, 5.74) is 5.34. The summed E-state index contributed by atoms with van der Waals surface area (Å²) < 4.78 is 2.27. The Morgan fingerprint density at radius 2 is 1.55 bits per heavy atom. The molecule has 0 aliphatic rings. The van der Waals surface area contributed by atoms with E-state index in [1.165, 1.54) is 33.2 Å². The van der Waals surface area contributed by atoms with Gasteiger partial charge in [-0.15, -0.1) is 0 Å². The first kappa shape index (κ1) is 12.9. The predicted molar refractivity (Wildman–Crippen MR) is 84.7 cm³/mol. The summed E-state index contributed by atoms with van der Waals surface area (Å²) in [5.74, 6) is 0. The number of rotatable bonds is 2. The van der Waals surface area contributed by atoms with Gasteiger partial charge in [0.05, 0.1) is 5.39 Å². The fourth-order valence-electron chi connectivity index (χ4n) is 2.98. The van der Waals surface area contributed by atoms with E-state index in [2.05, 4.69) is 80.2 Å². The lowest BCUT2D eigenvalue weighted by Crippen LogP contribution is -2.32. The van der Waals surface area contributed by atoms with E-state index in [1.54, 1.807) is 0 Å². The first-order chi connectivity index (χ1) is 9.72. The summed E-state index contributed by atoms with van der Waals surface area (Å²) in [6.07, 6.45) is 3.33. The molecule has 0 radical (unpaired) electrons. The van der Waals surface area contributed by atoms with Gasteiger partial charge in [0.25, 0.3) is 0 Å². The van der Waals surface area contributed by atoms with Crippen molar-refractivity contribution >= 4 is 10.8 Å². The minimum atomic E-state index is 1.06. The third-order valence-corrected chi connectivity index (χ3v) is 4.01. The molecule has 0 unspecified atom stereocenters. The maximum Gasteiger partial charge on any atom is 0.220 e. The lowest BCUT2D eigenvalue weighted by Gasteiger charge is -2.10. The number of aryl methyl sites for hydroxylation is 3. The van der Waals surface area contributed by atoms with Gasteiger partial charge < -0.3 is 0 Å². The maximum absolute atomic E-state index is 2.27. The number of aromatic nitrogens is 1. The van der Waals surface area contributed by atoms with Gasteiger partial charge in [-0.25, -0.2) is 4.57 Å². The molecule has 100 valence electrons. The second-order valence-electron chi connectivity index (χ2n) is 5.33. The molecule has 0 fully saturated rings. The van der Waals surface area contributed by atoms with Crippen LogP contribution in [0.25, 0.3) is 22.0 Å². The third kappa shape index (κ3) is 2.00. The van der Waals surface area contributed by atoms with Crippen molar-refractivity contribution in [1.29, 1.82) is 0 Å². The van der Waals surface area contributed by atoms with Gasteiger partial charge in [0, 0.05) is 11.1 Å². The Morgan fingerprint density at radius 3 is 2.25 bits per heavy atom. The van der Waals surface area contributed by atoms with E-state index >= 15 is 0 Å². The third-order valence-electron chi connectivity index (χ3n) is 4.01. The van der Waals surface area contributed by atoms with E-state index in [0.717, 1.165) is 6.42 Å². The Hall–Kier alpha value is -2.15. The van der Waals surface area contributed by atoms with Crippen molar-refractivity contribution in [1.82, 2.24) is 0 Å². The molecular weight excluding hydrogens is 242 g/mol. The van der Waals surface area contributed by atoms with Crippen LogP contribution in [0.3, 0.4) is 0 Å². The summed E-state index contributed by atoms with van der Waals surface area (Å²) in [6.45, 7) is 4.40. The average Bonchev–Trinajstić information content (AvgIpc) is 2.48. The van der Waals surface area contributed by atoms with Crippen LogP contribution in [-0.2, 0) is 13.5 Å². The van der Waals surface area contributed by atoms with E-state index in [4.69, 9.17) is 0 Å². The van der Waals surface area contributed by atoms with Crippen LogP contribution < -0.4 is 4.57 Å². The Labute approximate surface area is 120 Å². The van der Waals surface area contributed by atoms with Crippen molar-refractivity contribution in [2.45, 2.75) is 20.3 Å². The summed E-state index contributed by atoms with van der Waals surface area (Å²) in [5, 5.41) is 2.70. The number of pyridine rings is 1. The second-order valence-corrected chi connectivity index (χ2v) is 5.33. The molecule has 3 aromatic rings. The molecule has 0 spiro atoms. The van der Waals surface area contributed by atoms with Crippen LogP contribution in [0.15, 0.2) is 54.7 Å². The minimum absolute atomic E-state index is 1.06. The van der Waals surface area contributed by atoms with E-state index in [-0.39, 0.29) is 0 Å². The molecule has 3 rings (SSSR count). The molecule has 0 N–H and O–H groups in total. The Balaban J connectivity index is 2.43. The van der Waals surface area contributed by atoms with Crippen LogP contribution in [0.1, 0.15) is 18.1 Å². The zero-order valence-corrected chi connectivity index (χ0v) is 12.4. The molecule has 1 heteroatoms. The van der Waals surface area contributed by atoms with E-state index in [1.807, 2.05) is 0 Å². The summed E-state index contributed by atoms with van der Waals surface area (Å²) in [6, 6.07) is 17.3. The summed E-state index contributed by atoms with van der Waals surface area (Å²) in [4.78, 5) is 0. The van der Waals surface area contributed by atoms with E-state index in [0.29, 0.717) is 0 Å². The molecule has 1 nitrogen and oxygen atoms in total. The van der Waals surface area contributed by atoms with Crippen molar-refractivity contribution < 1.29 is 4.57 Å². The van der Waals surface area contributed by atoms with Crippen LogP contribution in [0.4, 0.5) is 0 Å². The highest BCUT2D eigenvalue weighted by Gasteiger charge is 2.18. The number of hydrogen-bond acceptors (Lipinski definition) is 0. The van der Waals surface area contributed by atoms with Crippen LogP contribution in [0.5, 0.6) is 0 Å². The molecule has 0 saturated heterocycles. The quantitative estimate of drug-likeness (QED) is 0.609. The van der Waals surface area contributed by atoms with Crippen molar-refractivity contribution in [3.63, 3.8) is 0 Å². The highest BCUT2D eigenvalue weighted by Crippen LogP contribution is 2.29. The topological polar surface area (TPSA) is 3.88 Å². The smallest absolute Gasteiger partial charge is 0.200 e. The lowest BCUT2D eigenvalue weighted by atomic mass is 9.97. The van der Waals surface area contributed by atoms with E-state index < -0.39 is 0 Å². The fourth-order valence-corrected chi connectivity index (χ4v) is 2.98. The fraction of sp³-hybridized carbons (Fsp3) is 0.211. The van der Waals surface area contributed by atoms with Crippen molar-refractivity contribution in [3.05, 3.63) is 65.9 Å². The molecule has 1 heterocycles. The van der Waals surface area contributed by atoms with Crippen molar-refractivity contribution in [2.24, 2.45) is 7.05 Å². The second kappa shape index (κ2) is 5.09. The summed E-state index contributed by atoms with van der Waals surface area (Å²) >= 11 is 0. The van der Waals surface area contributed by atoms with Gasteiger partial charge in [0.1, 0.15) is 7.05 Å². The van der Waals surface area contributed by atoms with E-state index in [9.17, 15) is 0 Å². The Morgan fingerprint density at radius 1 is 0.900 bits per heavy atom. The minimum Gasteiger partial charge on any atom is -0.200 e. The molecule has 20 heavy (non-hydrogen) atoms. The van der Waals surface area contributed by atoms with Crippen LogP contribution >= 0.6 is 0 Å². The van der Waals surface area contributed by atoms with Crippen molar-refractivity contribution in [3.8, 4) is 11.3 Å². The van der Waals surface area contributed by atoms with Gasteiger partial charge in [0.2, 0.25) is 5.69 Å². The molecule has 0 aliphatic carbocycles. The van der Waals surface area contributed by atoms with Crippen LogP contribution in [0, 0.1) is 6.92 Å². The number of hydrogen-bond donors (Lipinski definition) is 0. The predicted octanol–water partition coefficient (Wildman–Crippen LogP) is 4.20. The van der Waals surface area contributed by atoms with Gasteiger partial charge in [-0.05, 0) is 36.4 Å². The van der Waals surface area contributed by atoms with Gasteiger partial charge in [-0.1, -0.05) is 43.3 Å². The molecular formula is C19H20N+. The van der Waals surface area contributed by atoms with Gasteiger partial charge in [-0.3, -0.25) is 0 Å². The largest absolute Gasteiger partial charge is 0.220 e. The number of fused-ring (bicyclic) bond motifs is 1. The van der Waals surface area contributed by atoms with Gasteiger partial charge >= 0.3 is 0 Å². The number of nitrogens with zero attached hydrogens (tertiary/aromatic N) is 1. The number of benzene rings is 2.